The molecule has 0 aromatic carbocycles. The highest BCUT2D eigenvalue weighted by Crippen LogP contribution is 2.26. The summed E-state index contributed by atoms with van der Waals surface area (Å²) in [4.78, 5) is 8.59. The van der Waals surface area contributed by atoms with E-state index in [1.165, 1.54) is 0 Å². The van der Waals surface area contributed by atoms with Crippen molar-refractivity contribution in [3.05, 3.63) is 22.9 Å². The smallest absolute Gasteiger partial charge is 0.186 e. The van der Waals surface area contributed by atoms with Crippen molar-refractivity contribution in [2.24, 2.45) is 7.05 Å². The maximum Gasteiger partial charge on any atom is 0.186 e. The Morgan fingerprint density at radius 2 is 1.85 bits per heavy atom. The van der Waals surface area contributed by atoms with Crippen molar-refractivity contribution in [1.82, 2.24) is 19.7 Å². The molecule has 0 atom stereocenters. The van der Waals surface area contributed by atoms with Crippen LogP contribution in [0.2, 0.25) is 0 Å². The highest BCUT2D eigenvalue weighted by atomic mass is 19.1. The molecule has 2 aromatic rings. The average Bonchev–Trinajstić information content (AvgIpc) is 2.65. The minimum Gasteiger partial charge on any atom is -0.368 e. The van der Waals surface area contributed by atoms with Gasteiger partial charge in [-0.15, -0.1) is 0 Å². The highest BCUT2D eigenvalue weighted by molar-refractivity contribution is 5.63. The van der Waals surface area contributed by atoms with Gasteiger partial charge in [0.15, 0.2) is 17.5 Å². The Labute approximate surface area is 118 Å². The van der Waals surface area contributed by atoms with Crippen LogP contribution in [0.4, 0.5) is 10.2 Å². The molecule has 0 saturated carbocycles. The number of nitrogens with zero attached hydrogens (tertiary/aromatic N) is 4. The summed E-state index contributed by atoms with van der Waals surface area (Å²) in [5.74, 6) is 0.393. The summed E-state index contributed by atoms with van der Waals surface area (Å²) < 4.78 is 15.8. The van der Waals surface area contributed by atoms with Crippen LogP contribution in [0, 0.1) is 26.6 Å². The minimum absolute atomic E-state index is 0.261. The third-order valence-electron chi connectivity index (χ3n) is 3.29. The first-order chi connectivity index (χ1) is 9.45. The van der Waals surface area contributed by atoms with E-state index in [0.717, 1.165) is 23.4 Å². The van der Waals surface area contributed by atoms with Crippen molar-refractivity contribution < 1.29 is 4.39 Å². The monoisotopic (exact) mass is 277 g/mol. The molecule has 0 unspecified atom stereocenters. The lowest BCUT2D eigenvalue weighted by molar-refractivity contribution is 0.605. The third-order valence-corrected chi connectivity index (χ3v) is 3.29. The van der Waals surface area contributed by atoms with Gasteiger partial charge in [-0.3, -0.25) is 4.68 Å². The highest BCUT2D eigenvalue weighted by Gasteiger charge is 2.18. The topological polar surface area (TPSA) is 55.6 Å². The van der Waals surface area contributed by atoms with Gasteiger partial charge in [0, 0.05) is 19.3 Å². The molecule has 20 heavy (non-hydrogen) atoms. The molecule has 2 heterocycles. The van der Waals surface area contributed by atoms with E-state index in [2.05, 4.69) is 20.4 Å². The van der Waals surface area contributed by atoms with Gasteiger partial charge in [0.05, 0.1) is 17.0 Å². The summed E-state index contributed by atoms with van der Waals surface area (Å²) in [6, 6.07) is 0. The first kappa shape index (κ1) is 14.4. The zero-order chi connectivity index (χ0) is 14.9. The first-order valence-corrected chi connectivity index (χ1v) is 6.74. The third kappa shape index (κ3) is 2.50. The molecule has 2 rings (SSSR count). The molecule has 0 amide bonds. The molecule has 5 nitrogen and oxygen atoms in total. The zero-order valence-electron chi connectivity index (χ0n) is 12.6. The Hall–Kier alpha value is -1.98. The number of halogens is 1. The molecule has 108 valence electrons. The van der Waals surface area contributed by atoms with Gasteiger partial charge in [0.2, 0.25) is 0 Å². The van der Waals surface area contributed by atoms with Gasteiger partial charge in [-0.05, 0) is 27.2 Å². The van der Waals surface area contributed by atoms with Gasteiger partial charge >= 0.3 is 0 Å². The van der Waals surface area contributed by atoms with Gasteiger partial charge in [-0.2, -0.15) is 5.10 Å². The van der Waals surface area contributed by atoms with E-state index >= 15 is 0 Å². The lowest BCUT2D eigenvalue weighted by Crippen LogP contribution is -2.08. The maximum absolute atomic E-state index is 14.0. The fraction of sp³-hybridized carbons (Fsp3) is 0.500. The van der Waals surface area contributed by atoms with Crippen molar-refractivity contribution in [3.63, 3.8) is 0 Å². The van der Waals surface area contributed by atoms with E-state index in [-0.39, 0.29) is 11.6 Å². The predicted molar refractivity (Wildman–Crippen MR) is 77.2 cm³/mol. The summed E-state index contributed by atoms with van der Waals surface area (Å²) in [5, 5.41) is 7.36. The number of aryl methyl sites for hydroxylation is 3. The second-order valence-corrected chi connectivity index (χ2v) is 4.89. The lowest BCUT2D eigenvalue weighted by atomic mass is 10.2. The van der Waals surface area contributed by atoms with Gasteiger partial charge in [-0.1, -0.05) is 6.92 Å². The van der Waals surface area contributed by atoms with Crippen LogP contribution in [0.15, 0.2) is 0 Å². The van der Waals surface area contributed by atoms with Crippen molar-refractivity contribution in [3.8, 4) is 11.4 Å². The Balaban J connectivity index is 2.54. The molecular formula is C14H20FN5. The number of hydrogen-bond acceptors (Lipinski definition) is 4. The summed E-state index contributed by atoms with van der Waals surface area (Å²) >= 11 is 0. The van der Waals surface area contributed by atoms with Gasteiger partial charge in [0.25, 0.3) is 0 Å². The van der Waals surface area contributed by atoms with E-state index in [0.29, 0.717) is 18.1 Å². The fourth-order valence-corrected chi connectivity index (χ4v) is 2.13. The minimum atomic E-state index is -0.388. The number of rotatable bonds is 4. The molecule has 0 saturated heterocycles. The quantitative estimate of drug-likeness (QED) is 0.933. The van der Waals surface area contributed by atoms with E-state index < -0.39 is 0 Å². The summed E-state index contributed by atoms with van der Waals surface area (Å²) in [6.07, 6.45) is 0.906. The van der Waals surface area contributed by atoms with E-state index in [9.17, 15) is 4.39 Å². The number of nitrogens with one attached hydrogen (secondary N) is 1. The second kappa shape index (κ2) is 5.56. The maximum atomic E-state index is 14.0. The fourth-order valence-electron chi connectivity index (χ4n) is 2.13. The Morgan fingerprint density at radius 3 is 2.40 bits per heavy atom. The van der Waals surface area contributed by atoms with Crippen LogP contribution in [0.1, 0.15) is 30.4 Å². The second-order valence-electron chi connectivity index (χ2n) is 4.89. The number of aromatic nitrogens is 4. The molecule has 0 fully saturated rings. The van der Waals surface area contributed by atoms with Crippen LogP contribution in [0.25, 0.3) is 11.4 Å². The Morgan fingerprint density at radius 1 is 1.15 bits per heavy atom. The van der Waals surface area contributed by atoms with Crippen LogP contribution in [-0.2, 0) is 7.05 Å². The van der Waals surface area contributed by atoms with Gasteiger partial charge in [-0.25, -0.2) is 14.4 Å². The van der Waals surface area contributed by atoms with E-state index in [1.807, 2.05) is 27.8 Å². The normalized spacial score (nSPS) is 10.9. The molecule has 0 aliphatic rings. The summed E-state index contributed by atoms with van der Waals surface area (Å²) in [5.41, 5.74) is 3.03. The summed E-state index contributed by atoms with van der Waals surface area (Å²) in [7, 11) is 1.87. The van der Waals surface area contributed by atoms with E-state index in [1.54, 1.807) is 11.6 Å². The predicted octanol–water partition coefficient (Wildman–Crippen LogP) is 2.76. The molecule has 0 aliphatic heterocycles. The van der Waals surface area contributed by atoms with Gasteiger partial charge in [0.1, 0.15) is 0 Å². The zero-order valence-corrected chi connectivity index (χ0v) is 12.6. The largest absolute Gasteiger partial charge is 0.368 e. The van der Waals surface area contributed by atoms with Crippen molar-refractivity contribution in [2.45, 2.75) is 34.1 Å². The standard InChI is InChI=1S/C14H20FN5/c1-6-7-16-14-12(15)9(3)17-13(18-14)11-8(2)19-20(5)10(11)4/h6-7H2,1-5H3,(H,16,17,18). The van der Waals surface area contributed by atoms with Crippen LogP contribution < -0.4 is 5.32 Å². The van der Waals surface area contributed by atoms with Crippen LogP contribution >= 0.6 is 0 Å². The molecule has 1 N–H and O–H groups in total. The van der Waals surface area contributed by atoms with Gasteiger partial charge < -0.3 is 5.32 Å². The molecule has 0 spiro atoms. The Kier molecular flexibility index (Phi) is 4.01. The first-order valence-electron chi connectivity index (χ1n) is 6.74. The molecule has 2 aromatic heterocycles. The SMILES string of the molecule is CCCNc1nc(-c2c(C)nn(C)c2C)nc(C)c1F. The molecule has 6 heteroatoms. The van der Waals surface area contributed by atoms with Crippen molar-refractivity contribution in [1.29, 1.82) is 0 Å². The summed E-state index contributed by atoms with van der Waals surface area (Å²) in [6.45, 7) is 8.21. The van der Waals surface area contributed by atoms with Crippen LogP contribution in [-0.4, -0.2) is 26.3 Å². The molecule has 0 aliphatic carbocycles. The van der Waals surface area contributed by atoms with Crippen molar-refractivity contribution >= 4 is 5.82 Å². The molecular weight excluding hydrogens is 257 g/mol. The Bertz CT molecular complexity index is 633. The van der Waals surface area contributed by atoms with Crippen LogP contribution in [0.5, 0.6) is 0 Å². The molecule has 0 radical (unpaired) electrons. The van der Waals surface area contributed by atoms with Crippen LogP contribution in [0.3, 0.4) is 0 Å². The lowest BCUT2D eigenvalue weighted by Gasteiger charge is -2.09. The number of hydrogen-bond donors (Lipinski definition) is 1. The van der Waals surface area contributed by atoms with Crippen molar-refractivity contribution in [2.75, 3.05) is 11.9 Å². The number of anilines is 1. The molecule has 0 bridgehead atoms. The average molecular weight is 277 g/mol. The van der Waals surface area contributed by atoms with E-state index in [4.69, 9.17) is 0 Å².